The first-order valence-electron chi connectivity index (χ1n) is 11.1. The molecule has 8 nitrogen and oxygen atoms in total. The van der Waals surface area contributed by atoms with Gasteiger partial charge in [-0.05, 0) is 48.4 Å². The molecule has 1 aromatic heterocycles. The minimum Gasteiger partial charge on any atom is -0.496 e. The Morgan fingerprint density at radius 1 is 1.19 bits per heavy atom. The number of ether oxygens (including phenoxy) is 3. The average molecular weight is 435 g/mol. The maximum Gasteiger partial charge on any atom is 0.328 e. The molecule has 0 amide bonds. The van der Waals surface area contributed by atoms with Crippen LogP contribution >= 0.6 is 0 Å². The number of aromatic amines is 1. The van der Waals surface area contributed by atoms with E-state index in [4.69, 9.17) is 14.2 Å². The fraction of sp³-hybridized carbons (Fsp3) is 0.417. The smallest absolute Gasteiger partial charge is 0.328 e. The number of rotatable bonds is 4. The van der Waals surface area contributed by atoms with Crippen LogP contribution in [-0.4, -0.2) is 36.0 Å². The van der Waals surface area contributed by atoms with Crippen LogP contribution in [0, 0.1) is 5.92 Å². The Bertz CT molecular complexity index is 1330. The van der Waals surface area contributed by atoms with Crippen LogP contribution in [0.25, 0.3) is 10.9 Å². The van der Waals surface area contributed by atoms with Crippen molar-refractivity contribution in [1.82, 2.24) is 14.9 Å². The topological polar surface area (TPSA) is 94.6 Å². The van der Waals surface area contributed by atoms with Gasteiger partial charge >= 0.3 is 5.69 Å². The zero-order chi connectivity index (χ0) is 21.8. The maximum absolute atomic E-state index is 13.1. The molecule has 0 bridgehead atoms. The zero-order valence-corrected chi connectivity index (χ0v) is 17.8. The molecule has 2 aromatic carbocycles. The highest BCUT2D eigenvalue weighted by atomic mass is 16.7. The van der Waals surface area contributed by atoms with Crippen molar-refractivity contribution in [2.45, 2.75) is 37.8 Å². The third kappa shape index (κ3) is 2.93. The Labute approximate surface area is 184 Å². The molecular weight excluding hydrogens is 410 g/mol. The first kappa shape index (κ1) is 19.4. The van der Waals surface area contributed by atoms with Crippen LogP contribution in [0.5, 0.6) is 17.2 Å². The number of hydrogen-bond donors (Lipinski definition) is 2. The third-order valence-electron chi connectivity index (χ3n) is 7.29. The predicted octanol–water partition coefficient (Wildman–Crippen LogP) is 2.14. The van der Waals surface area contributed by atoms with Crippen LogP contribution in [0.2, 0.25) is 0 Å². The molecule has 8 heteroatoms. The Kier molecular flexibility index (Phi) is 4.50. The summed E-state index contributed by atoms with van der Waals surface area (Å²) in [6, 6.07) is 9.88. The molecule has 1 unspecified atom stereocenters. The number of fused-ring (bicyclic) bond motifs is 5. The van der Waals surface area contributed by atoms with Crippen LogP contribution in [0.4, 0.5) is 0 Å². The molecular formula is C24H25N3O5. The molecule has 32 heavy (non-hydrogen) atoms. The van der Waals surface area contributed by atoms with Gasteiger partial charge in [-0.25, -0.2) is 4.79 Å². The van der Waals surface area contributed by atoms with Crippen molar-refractivity contribution in [2.75, 3.05) is 20.4 Å². The fourth-order valence-electron chi connectivity index (χ4n) is 5.73. The number of nitrogens with zero attached hydrogens (tertiary/aromatic N) is 1. The molecule has 3 aromatic rings. The van der Waals surface area contributed by atoms with Crippen molar-refractivity contribution in [2.24, 2.45) is 5.92 Å². The molecule has 3 heterocycles. The molecule has 6 rings (SSSR count). The summed E-state index contributed by atoms with van der Waals surface area (Å²) >= 11 is 0. The first-order valence-corrected chi connectivity index (χ1v) is 11.1. The van der Waals surface area contributed by atoms with E-state index >= 15 is 0 Å². The lowest BCUT2D eigenvalue weighted by atomic mass is 9.74. The van der Waals surface area contributed by atoms with E-state index in [-0.39, 0.29) is 18.4 Å². The van der Waals surface area contributed by atoms with Gasteiger partial charge in [0.1, 0.15) is 5.75 Å². The second-order valence-electron chi connectivity index (χ2n) is 8.78. The van der Waals surface area contributed by atoms with Crippen molar-refractivity contribution in [3.8, 4) is 17.2 Å². The molecule has 2 N–H and O–H groups in total. The number of benzene rings is 2. The number of nitrogens with one attached hydrogen (secondary N) is 2. The van der Waals surface area contributed by atoms with E-state index in [9.17, 15) is 9.59 Å². The van der Waals surface area contributed by atoms with Gasteiger partial charge in [0.25, 0.3) is 5.56 Å². The van der Waals surface area contributed by atoms with Crippen LogP contribution in [-0.2, 0) is 13.0 Å². The molecule has 1 saturated heterocycles. The van der Waals surface area contributed by atoms with Crippen LogP contribution in [0.1, 0.15) is 29.9 Å². The normalized spacial score (nSPS) is 23.2. The van der Waals surface area contributed by atoms with E-state index in [0.29, 0.717) is 40.8 Å². The fourth-order valence-corrected chi connectivity index (χ4v) is 5.73. The highest BCUT2D eigenvalue weighted by molar-refractivity contribution is 5.81. The van der Waals surface area contributed by atoms with E-state index in [2.05, 4.69) is 22.4 Å². The van der Waals surface area contributed by atoms with Crippen LogP contribution < -0.4 is 30.8 Å². The number of hydrogen-bond acceptors (Lipinski definition) is 6. The summed E-state index contributed by atoms with van der Waals surface area (Å²) in [5.74, 6) is 2.97. The molecule has 0 spiro atoms. The molecule has 166 valence electrons. The molecule has 3 atom stereocenters. The van der Waals surface area contributed by atoms with Crippen molar-refractivity contribution < 1.29 is 14.2 Å². The van der Waals surface area contributed by atoms with Gasteiger partial charge in [-0.2, -0.15) is 0 Å². The summed E-state index contributed by atoms with van der Waals surface area (Å²) in [7, 11) is 1.73. The van der Waals surface area contributed by atoms with Crippen molar-refractivity contribution in [1.29, 1.82) is 0 Å². The van der Waals surface area contributed by atoms with Gasteiger partial charge in [0, 0.05) is 31.1 Å². The predicted molar refractivity (Wildman–Crippen MR) is 119 cm³/mol. The first-order chi connectivity index (χ1) is 15.6. The summed E-state index contributed by atoms with van der Waals surface area (Å²) in [6.45, 7) is 1.39. The van der Waals surface area contributed by atoms with E-state index < -0.39 is 5.69 Å². The second kappa shape index (κ2) is 7.41. The highest BCUT2D eigenvalue weighted by Gasteiger charge is 2.40. The Morgan fingerprint density at radius 3 is 2.88 bits per heavy atom. The van der Waals surface area contributed by atoms with Gasteiger partial charge in [-0.1, -0.05) is 12.1 Å². The minimum atomic E-state index is -0.394. The monoisotopic (exact) mass is 435 g/mol. The lowest BCUT2D eigenvalue weighted by molar-refractivity contribution is 0.174. The second-order valence-corrected chi connectivity index (χ2v) is 8.78. The Morgan fingerprint density at radius 2 is 2.03 bits per heavy atom. The quantitative estimate of drug-likeness (QED) is 0.652. The standard InChI is InChI=1S/C24H25N3O5/c1-30-20-4-2-3-13-15(20)6-5-14-17(13)11-25-18(14)7-8-27-23(28)16-9-21-22(32-12-31-21)10-19(16)26-24(27)29/h2-4,9-10,14,17-18,25H,5-8,11-12H2,1H3,(H,26,29)/t14-,17-,18?/m0/s1. The van der Waals surface area contributed by atoms with Gasteiger partial charge in [0.15, 0.2) is 11.5 Å². The molecule has 3 aliphatic rings. The molecule has 0 saturated carbocycles. The molecule has 0 radical (unpaired) electrons. The highest BCUT2D eigenvalue weighted by Crippen LogP contribution is 2.44. The lowest BCUT2D eigenvalue weighted by Crippen LogP contribution is -2.38. The summed E-state index contributed by atoms with van der Waals surface area (Å²) in [5, 5.41) is 4.09. The maximum atomic E-state index is 13.1. The van der Waals surface area contributed by atoms with Crippen LogP contribution in [0.3, 0.4) is 0 Å². The summed E-state index contributed by atoms with van der Waals surface area (Å²) in [5.41, 5.74) is 2.47. The third-order valence-corrected chi connectivity index (χ3v) is 7.29. The van der Waals surface area contributed by atoms with Crippen molar-refractivity contribution in [3.63, 3.8) is 0 Å². The van der Waals surface area contributed by atoms with Gasteiger partial charge in [-0.3, -0.25) is 9.36 Å². The van der Waals surface area contributed by atoms with E-state index in [0.717, 1.165) is 31.6 Å². The van der Waals surface area contributed by atoms with E-state index in [1.165, 1.54) is 15.7 Å². The summed E-state index contributed by atoms with van der Waals surface area (Å²) in [4.78, 5) is 28.6. The minimum absolute atomic E-state index is 0.120. The van der Waals surface area contributed by atoms with Crippen molar-refractivity contribution in [3.05, 3.63) is 62.3 Å². The number of methoxy groups -OCH3 is 1. The van der Waals surface area contributed by atoms with E-state index in [1.54, 1.807) is 19.2 Å². The lowest BCUT2D eigenvalue weighted by Gasteiger charge is -2.31. The molecule has 2 aliphatic heterocycles. The summed E-state index contributed by atoms with van der Waals surface area (Å²) in [6.07, 6.45) is 2.78. The van der Waals surface area contributed by atoms with Gasteiger partial charge < -0.3 is 24.5 Å². The molecule has 1 aliphatic carbocycles. The average Bonchev–Trinajstić information content (AvgIpc) is 3.44. The Balaban J connectivity index is 1.25. The SMILES string of the molecule is COc1cccc2c1CC[C@@H]1C(CCn3c(=O)[nH]c4cc5c(cc4c3=O)OCO5)NC[C@@H]21. The van der Waals surface area contributed by atoms with Crippen molar-refractivity contribution >= 4 is 10.9 Å². The largest absolute Gasteiger partial charge is 0.496 e. The zero-order valence-electron chi connectivity index (χ0n) is 17.8. The van der Waals surface area contributed by atoms with Crippen LogP contribution in [0.15, 0.2) is 39.9 Å². The van der Waals surface area contributed by atoms with Gasteiger partial charge in [-0.15, -0.1) is 0 Å². The van der Waals surface area contributed by atoms with Gasteiger partial charge in [0.2, 0.25) is 6.79 Å². The van der Waals surface area contributed by atoms with Gasteiger partial charge in [0.05, 0.1) is 18.0 Å². The number of H-pyrrole nitrogens is 1. The molecule has 1 fully saturated rings. The number of aromatic nitrogens is 2. The Hall–Kier alpha value is -3.26. The summed E-state index contributed by atoms with van der Waals surface area (Å²) < 4.78 is 17.6. The van der Waals surface area contributed by atoms with E-state index in [1.807, 2.05) is 6.07 Å².